The lowest BCUT2D eigenvalue weighted by Gasteiger charge is -2.25. The van der Waals surface area contributed by atoms with Crippen molar-refractivity contribution in [3.05, 3.63) is 195 Å². The molecule has 0 fully saturated rings. The van der Waals surface area contributed by atoms with Gasteiger partial charge in [0.05, 0.1) is 67.5 Å². The van der Waals surface area contributed by atoms with Crippen molar-refractivity contribution in [3.63, 3.8) is 0 Å². The molecule has 0 saturated carbocycles. The Morgan fingerprint density at radius 2 is 1.28 bits per heavy atom. The third-order valence-electron chi connectivity index (χ3n) is 13.0. The predicted molar refractivity (Wildman–Crippen MR) is 271 cm³/mol. The van der Waals surface area contributed by atoms with Crippen LogP contribution < -0.4 is 0 Å². The smallest absolute Gasteiger partial charge is 0.141 e. The second-order valence-electron chi connectivity index (χ2n) is 16.8. The van der Waals surface area contributed by atoms with Crippen molar-refractivity contribution in [3.8, 4) is 67.4 Å². The van der Waals surface area contributed by atoms with Crippen molar-refractivity contribution >= 4 is 76.5 Å². The van der Waals surface area contributed by atoms with E-state index in [1.165, 1.54) is 0 Å². The Balaban J connectivity index is 1.29. The van der Waals surface area contributed by atoms with Crippen LogP contribution in [0.15, 0.2) is 189 Å². The Hall–Kier alpha value is -9.54. The Kier molecular flexibility index (Phi) is 8.34. The number of H-pyrrole nitrogens is 2. The number of rotatable bonds is 6. The highest BCUT2D eigenvalue weighted by molar-refractivity contribution is 6.24. The van der Waals surface area contributed by atoms with E-state index in [0.29, 0.717) is 33.8 Å². The summed E-state index contributed by atoms with van der Waals surface area (Å²) in [5.74, 6) is 0.647. The van der Waals surface area contributed by atoms with Crippen molar-refractivity contribution < 1.29 is 0 Å². The van der Waals surface area contributed by atoms with E-state index in [1.54, 1.807) is 12.4 Å². The molecule has 0 bridgehead atoms. The molecule has 68 heavy (non-hydrogen) atoms. The summed E-state index contributed by atoms with van der Waals surface area (Å²) in [6, 6.07) is 53.6. The fourth-order valence-electron chi connectivity index (χ4n) is 9.96. The Labute approximate surface area is 387 Å². The number of nitrogens with one attached hydrogen (secondary N) is 2. The summed E-state index contributed by atoms with van der Waals surface area (Å²) in [6.07, 6.45) is 12.9. The van der Waals surface area contributed by atoms with Gasteiger partial charge in [-0.2, -0.15) is 0 Å². The van der Waals surface area contributed by atoms with Crippen LogP contribution in [-0.2, 0) is 0 Å². The fraction of sp³-hybridized carbons (Fsp3) is 0. The van der Waals surface area contributed by atoms with Crippen LogP contribution in [0.5, 0.6) is 0 Å². The third-order valence-corrected chi connectivity index (χ3v) is 13.0. The van der Waals surface area contributed by atoms with Gasteiger partial charge in [0.2, 0.25) is 0 Å². The van der Waals surface area contributed by atoms with E-state index >= 15 is 0 Å². The highest BCUT2D eigenvalue weighted by atomic mass is 14.9. The molecule has 7 heterocycles. The van der Waals surface area contributed by atoms with Gasteiger partial charge in [-0.25, -0.2) is 15.0 Å². The van der Waals surface area contributed by atoms with Crippen LogP contribution in [0.1, 0.15) is 0 Å². The molecular weight excluding hydrogens is 837 g/mol. The summed E-state index contributed by atoms with van der Waals surface area (Å²) in [6.45, 7) is 0. The van der Waals surface area contributed by atoms with Crippen LogP contribution >= 0.6 is 0 Å². The maximum atomic E-state index is 5.82. The van der Waals surface area contributed by atoms with Crippen LogP contribution in [-0.4, -0.2) is 49.8 Å². The minimum absolute atomic E-state index is 0.571. The lowest BCUT2D eigenvalue weighted by atomic mass is 9.79. The van der Waals surface area contributed by atoms with Crippen LogP contribution in [0.4, 0.5) is 0 Å². The van der Waals surface area contributed by atoms with Crippen molar-refractivity contribution in [2.75, 3.05) is 0 Å². The predicted octanol–water partition coefficient (Wildman–Crippen LogP) is 13.4. The molecule has 0 atom stereocenters. The number of hydrogen-bond acceptors (Lipinski definition) is 8. The molecule has 315 valence electrons. The SMILES string of the molecule is [c]1c(-c2cccc3nccnc23)nc2c(-c3nc4ccccc4[nH]3)c(-c3ccc4[nH]ccc4c3)c(-c3nccc4ccccc34)c(-c3cccc4cnccc34)c2c1-c1cnc2ccccc2n1. The zero-order chi connectivity index (χ0) is 44.7. The molecule has 10 nitrogen and oxygen atoms in total. The number of aromatic nitrogens is 10. The molecule has 0 amide bonds. The van der Waals surface area contributed by atoms with E-state index in [1.807, 2.05) is 91.6 Å². The van der Waals surface area contributed by atoms with Gasteiger partial charge in [0.1, 0.15) is 5.82 Å². The van der Waals surface area contributed by atoms with Gasteiger partial charge in [-0.05, 0) is 87.9 Å². The molecule has 0 aliphatic carbocycles. The van der Waals surface area contributed by atoms with Crippen LogP contribution in [0, 0.1) is 6.07 Å². The Morgan fingerprint density at radius 1 is 0.456 bits per heavy atom. The molecular formula is C58H33N10. The van der Waals surface area contributed by atoms with Gasteiger partial charge >= 0.3 is 0 Å². The first-order valence-electron chi connectivity index (χ1n) is 22.3. The first-order valence-corrected chi connectivity index (χ1v) is 22.3. The fourth-order valence-corrected chi connectivity index (χ4v) is 9.96. The van der Waals surface area contributed by atoms with E-state index in [9.17, 15) is 0 Å². The zero-order valence-corrected chi connectivity index (χ0v) is 36.0. The first-order chi connectivity index (χ1) is 33.7. The maximum Gasteiger partial charge on any atom is 0.141 e. The molecule has 7 aromatic heterocycles. The number of imidazole rings is 1. The second kappa shape index (κ2) is 15.0. The van der Waals surface area contributed by atoms with E-state index in [-0.39, 0.29) is 0 Å². The van der Waals surface area contributed by atoms with Crippen molar-refractivity contribution in [1.29, 1.82) is 0 Å². The van der Waals surface area contributed by atoms with Crippen LogP contribution in [0.2, 0.25) is 0 Å². The minimum atomic E-state index is 0.571. The molecule has 0 spiro atoms. The maximum absolute atomic E-state index is 5.82. The summed E-state index contributed by atoms with van der Waals surface area (Å²) >= 11 is 0. The van der Waals surface area contributed by atoms with E-state index in [0.717, 1.165) is 110 Å². The second-order valence-corrected chi connectivity index (χ2v) is 16.8. The van der Waals surface area contributed by atoms with E-state index < -0.39 is 0 Å². The molecule has 0 aliphatic rings. The quantitative estimate of drug-likeness (QED) is 0.169. The summed E-state index contributed by atoms with van der Waals surface area (Å²) < 4.78 is 0. The molecule has 14 rings (SSSR count). The topological polar surface area (TPSA) is 135 Å². The van der Waals surface area contributed by atoms with E-state index in [2.05, 4.69) is 106 Å². The number of nitrogens with zero attached hydrogens (tertiary/aromatic N) is 8. The van der Waals surface area contributed by atoms with Crippen LogP contribution in [0.25, 0.3) is 144 Å². The lowest BCUT2D eigenvalue weighted by molar-refractivity contribution is 1.27. The highest BCUT2D eigenvalue weighted by Crippen LogP contribution is 2.54. The number of para-hydroxylation sites is 5. The first kappa shape index (κ1) is 37.8. The number of benzene rings is 7. The zero-order valence-electron chi connectivity index (χ0n) is 36.0. The van der Waals surface area contributed by atoms with Crippen LogP contribution in [0.3, 0.4) is 0 Å². The summed E-state index contributed by atoms with van der Waals surface area (Å²) in [7, 11) is 0. The molecule has 1 radical (unpaired) electrons. The van der Waals surface area contributed by atoms with Crippen molar-refractivity contribution in [1.82, 2.24) is 49.8 Å². The average molecular weight is 870 g/mol. The molecule has 14 aromatic rings. The van der Waals surface area contributed by atoms with Gasteiger partial charge in [0.25, 0.3) is 0 Å². The van der Waals surface area contributed by atoms with Crippen molar-refractivity contribution in [2.45, 2.75) is 0 Å². The molecule has 0 saturated heterocycles. The van der Waals surface area contributed by atoms with Gasteiger partial charge in [-0.3, -0.25) is 24.9 Å². The number of hydrogen-bond donors (Lipinski definition) is 2. The number of pyridine rings is 3. The Bertz CT molecular complexity index is 4310. The summed E-state index contributed by atoms with van der Waals surface area (Å²) in [5.41, 5.74) is 15.3. The normalized spacial score (nSPS) is 11.8. The van der Waals surface area contributed by atoms with Gasteiger partial charge in [0.15, 0.2) is 0 Å². The van der Waals surface area contributed by atoms with Gasteiger partial charge < -0.3 is 9.97 Å². The van der Waals surface area contributed by atoms with Gasteiger partial charge in [-0.15, -0.1) is 0 Å². The average Bonchev–Trinajstić information content (AvgIpc) is 4.07. The lowest BCUT2D eigenvalue weighted by Crippen LogP contribution is -2.04. The molecule has 0 unspecified atom stereocenters. The summed E-state index contributed by atoms with van der Waals surface area (Å²) in [5, 5.41) is 5.91. The molecule has 2 N–H and O–H groups in total. The molecule has 7 aromatic carbocycles. The summed E-state index contributed by atoms with van der Waals surface area (Å²) in [4.78, 5) is 48.4. The molecule has 0 aliphatic heterocycles. The Morgan fingerprint density at radius 3 is 2.24 bits per heavy atom. The highest BCUT2D eigenvalue weighted by Gasteiger charge is 2.32. The monoisotopic (exact) mass is 869 g/mol. The third kappa shape index (κ3) is 5.91. The number of fused-ring (bicyclic) bond motifs is 7. The minimum Gasteiger partial charge on any atom is -0.361 e. The van der Waals surface area contributed by atoms with Gasteiger partial charge in [0, 0.05) is 92.7 Å². The van der Waals surface area contributed by atoms with Crippen molar-refractivity contribution in [2.24, 2.45) is 0 Å². The largest absolute Gasteiger partial charge is 0.361 e. The standard InChI is InChI=1S/C58H33N10/c1-2-11-38-33(9-1)21-26-62-56(38)53-50(35-19-20-42-34(29-35)22-25-60-42)54(58-67-45-16-5-6-17-46(45)68-58)57-52(51(53)39-12-7-10-36-31-59-24-23-37(36)39)41(49-32-64-43-14-3-4-15-44(43)65-49)30-48(66-57)40-13-8-18-47-55(40)63-28-27-61-47/h1-29,31-32,60H,(H,67,68). The van der Waals surface area contributed by atoms with Gasteiger partial charge in [-0.1, -0.05) is 84.9 Å². The molecule has 10 heteroatoms. The van der Waals surface area contributed by atoms with E-state index in [4.69, 9.17) is 34.9 Å². The number of aromatic amines is 2.